The molecule has 0 aliphatic heterocycles. The molecule has 0 spiro atoms. The number of sulfonamides is 1. The molecule has 5 nitrogen and oxygen atoms in total. The fraction of sp³-hybridized carbons (Fsp3) is 0.188. The number of benzene rings is 2. The Bertz CT molecular complexity index is 912. The summed E-state index contributed by atoms with van der Waals surface area (Å²) < 4.78 is 69.8. The fourth-order valence-electron chi connectivity index (χ4n) is 2.03. The zero-order valence-corrected chi connectivity index (χ0v) is 14.9. The van der Waals surface area contributed by atoms with Crippen molar-refractivity contribution < 1.29 is 31.1 Å². The lowest BCUT2D eigenvalue weighted by Crippen LogP contribution is -2.23. The van der Waals surface area contributed by atoms with E-state index in [1.807, 2.05) is 0 Å². The second-order valence-electron chi connectivity index (χ2n) is 5.15. The molecule has 2 aromatic rings. The third-order valence-corrected chi connectivity index (χ3v) is 5.12. The molecule has 0 fully saturated rings. The van der Waals surface area contributed by atoms with Crippen LogP contribution in [0.2, 0.25) is 5.02 Å². The molecule has 0 aromatic heterocycles. The zero-order valence-electron chi connectivity index (χ0n) is 13.3. The van der Waals surface area contributed by atoms with E-state index in [4.69, 9.17) is 11.6 Å². The molecule has 0 bridgehead atoms. The molecular formula is C16H13ClF3NO4S. The summed E-state index contributed by atoms with van der Waals surface area (Å²) >= 11 is 5.48. The Balaban J connectivity index is 2.18. The molecule has 140 valence electrons. The van der Waals surface area contributed by atoms with E-state index in [9.17, 15) is 26.4 Å². The van der Waals surface area contributed by atoms with Gasteiger partial charge in [0.25, 0.3) is 0 Å². The highest BCUT2D eigenvalue weighted by Crippen LogP contribution is 2.35. The second kappa shape index (κ2) is 7.65. The number of esters is 1. The van der Waals surface area contributed by atoms with Gasteiger partial charge in [-0.05, 0) is 35.9 Å². The lowest BCUT2D eigenvalue weighted by atomic mass is 10.1. The summed E-state index contributed by atoms with van der Waals surface area (Å²) in [5.41, 5.74) is -0.442. The summed E-state index contributed by atoms with van der Waals surface area (Å²) in [5.74, 6) is -0.544. The first-order chi connectivity index (χ1) is 12.0. The maximum Gasteiger partial charge on any atom is 0.417 e. The third-order valence-electron chi connectivity index (χ3n) is 3.39. The lowest BCUT2D eigenvalue weighted by molar-refractivity contribution is -0.137. The van der Waals surface area contributed by atoms with E-state index in [1.165, 1.54) is 31.4 Å². The molecule has 0 aliphatic carbocycles. The predicted molar refractivity (Wildman–Crippen MR) is 88.3 cm³/mol. The van der Waals surface area contributed by atoms with Gasteiger partial charge < -0.3 is 4.74 Å². The summed E-state index contributed by atoms with van der Waals surface area (Å²) in [5, 5.41) is -0.588. The van der Waals surface area contributed by atoms with Gasteiger partial charge in [0, 0.05) is 6.54 Å². The van der Waals surface area contributed by atoms with Gasteiger partial charge >= 0.3 is 12.1 Å². The van der Waals surface area contributed by atoms with E-state index >= 15 is 0 Å². The smallest absolute Gasteiger partial charge is 0.417 e. The first-order valence-corrected chi connectivity index (χ1v) is 8.94. The van der Waals surface area contributed by atoms with Gasteiger partial charge in [-0.3, -0.25) is 0 Å². The van der Waals surface area contributed by atoms with Crippen molar-refractivity contribution in [2.75, 3.05) is 7.11 Å². The lowest BCUT2D eigenvalue weighted by Gasteiger charge is -2.12. The Labute approximate surface area is 152 Å². The molecule has 1 N–H and O–H groups in total. The molecule has 0 aliphatic rings. The molecule has 26 heavy (non-hydrogen) atoms. The van der Waals surface area contributed by atoms with Crippen molar-refractivity contribution >= 4 is 27.6 Å². The number of halogens is 4. The first kappa shape index (κ1) is 20.2. The van der Waals surface area contributed by atoms with E-state index in [-0.39, 0.29) is 12.1 Å². The van der Waals surface area contributed by atoms with Crippen LogP contribution in [0.4, 0.5) is 13.2 Å². The molecule has 2 rings (SSSR count). The van der Waals surface area contributed by atoms with Gasteiger partial charge in [0.1, 0.15) is 0 Å². The maximum atomic E-state index is 12.9. The largest absolute Gasteiger partial charge is 0.465 e. The third kappa shape index (κ3) is 4.75. The Kier molecular flexibility index (Phi) is 5.94. The molecule has 0 saturated carbocycles. The van der Waals surface area contributed by atoms with Gasteiger partial charge in [-0.1, -0.05) is 23.7 Å². The number of alkyl halides is 3. The van der Waals surface area contributed by atoms with E-state index < -0.39 is 37.7 Å². The summed E-state index contributed by atoms with van der Waals surface area (Å²) in [4.78, 5) is 10.8. The molecule has 2 aromatic carbocycles. The average molecular weight is 408 g/mol. The highest BCUT2D eigenvalue weighted by Gasteiger charge is 2.34. The molecule has 0 heterocycles. The number of nitrogens with one attached hydrogen (secondary N) is 1. The summed E-state index contributed by atoms with van der Waals surface area (Å²) in [6, 6.07) is 8.23. The van der Waals surface area contributed by atoms with E-state index in [0.29, 0.717) is 11.6 Å². The van der Waals surface area contributed by atoms with E-state index in [1.54, 1.807) is 0 Å². The molecule has 0 atom stereocenters. The minimum Gasteiger partial charge on any atom is -0.465 e. The number of hydrogen-bond donors (Lipinski definition) is 1. The van der Waals surface area contributed by atoms with Gasteiger partial charge in [0.2, 0.25) is 10.0 Å². The highest BCUT2D eigenvalue weighted by atomic mass is 35.5. The van der Waals surface area contributed by atoms with Crippen LogP contribution in [0.15, 0.2) is 47.4 Å². The van der Waals surface area contributed by atoms with Crippen LogP contribution in [0.25, 0.3) is 0 Å². The van der Waals surface area contributed by atoms with Crippen LogP contribution in [0.5, 0.6) is 0 Å². The molecule has 0 amide bonds. The van der Waals surface area contributed by atoms with Crippen molar-refractivity contribution in [3.63, 3.8) is 0 Å². The number of carbonyl (C=O) groups is 1. The zero-order chi connectivity index (χ0) is 19.5. The van der Waals surface area contributed by atoms with Crippen molar-refractivity contribution in [1.82, 2.24) is 4.72 Å². The first-order valence-electron chi connectivity index (χ1n) is 7.08. The minimum absolute atomic E-state index is 0.173. The average Bonchev–Trinajstić information content (AvgIpc) is 2.59. The number of ether oxygens (including phenoxy) is 1. The van der Waals surface area contributed by atoms with Crippen molar-refractivity contribution in [3.05, 3.63) is 64.2 Å². The molecule has 0 saturated heterocycles. The Morgan fingerprint density at radius 1 is 1.15 bits per heavy atom. The Hall–Kier alpha value is -2.10. The molecular weight excluding hydrogens is 395 g/mol. The number of hydrogen-bond acceptors (Lipinski definition) is 4. The van der Waals surface area contributed by atoms with Crippen LogP contribution in [0.3, 0.4) is 0 Å². The summed E-state index contributed by atoms with van der Waals surface area (Å²) in [6.45, 7) is -0.173. The number of rotatable bonds is 5. The summed E-state index contributed by atoms with van der Waals surface area (Å²) in [7, 11) is -2.96. The minimum atomic E-state index is -4.77. The predicted octanol–water partition coefficient (Wildman–Crippen LogP) is 3.62. The monoisotopic (exact) mass is 407 g/mol. The Morgan fingerprint density at radius 3 is 2.31 bits per heavy atom. The molecule has 10 heteroatoms. The van der Waals surface area contributed by atoms with Crippen LogP contribution in [-0.2, 0) is 27.5 Å². The second-order valence-corrected chi connectivity index (χ2v) is 7.33. The maximum absolute atomic E-state index is 12.9. The van der Waals surface area contributed by atoms with Crippen LogP contribution >= 0.6 is 11.6 Å². The van der Waals surface area contributed by atoms with Crippen LogP contribution in [-0.4, -0.2) is 21.5 Å². The van der Waals surface area contributed by atoms with Gasteiger partial charge in [0.15, 0.2) is 0 Å². The summed E-state index contributed by atoms with van der Waals surface area (Å²) in [6.07, 6.45) is -4.77. The molecule has 0 unspecified atom stereocenters. The van der Waals surface area contributed by atoms with Crippen molar-refractivity contribution in [2.24, 2.45) is 0 Å². The van der Waals surface area contributed by atoms with Crippen molar-refractivity contribution in [3.8, 4) is 0 Å². The number of carbonyl (C=O) groups excluding carboxylic acids is 1. The van der Waals surface area contributed by atoms with Crippen LogP contribution in [0.1, 0.15) is 21.5 Å². The topological polar surface area (TPSA) is 72.5 Å². The van der Waals surface area contributed by atoms with Crippen LogP contribution < -0.4 is 4.72 Å². The quantitative estimate of drug-likeness (QED) is 0.768. The highest BCUT2D eigenvalue weighted by molar-refractivity contribution is 7.89. The van der Waals surface area contributed by atoms with Gasteiger partial charge in [-0.2, -0.15) is 13.2 Å². The van der Waals surface area contributed by atoms with Gasteiger partial charge in [-0.25, -0.2) is 17.9 Å². The van der Waals surface area contributed by atoms with Gasteiger partial charge in [-0.15, -0.1) is 0 Å². The van der Waals surface area contributed by atoms with E-state index in [2.05, 4.69) is 9.46 Å². The fourth-order valence-corrected chi connectivity index (χ4v) is 3.30. The standard InChI is InChI=1S/C16H13ClF3NO4S/c1-25-15(22)11-4-2-10(3-5-11)9-21-26(23,24)12-6-7-14(17)13(8-12)16(18,19)20/h2-8,21H,9H2,1H3. The number of methoxy groups -OCH3 is 1. The normalized spacial score (nSPS) is 12.0. The van der Waals surface area contributed by atoms with Crippen molar-refractivity contribution in [1.29, 1.82) is 0 Å². The van der Waals surface area contributed by atoms with Gasteiger partial charge in [0.05, 0.1) is 28.2 Å². The Morgan fingerprint density at radius 2 is 1.77 bits per heavy atom. The van der Waals surface area contributed by atoms with E-state index in [0.717, 1.165) is 12.1 Å². The SMILES string of the molecule is COC(=O)c1ccc(CNS(=O)(=O)c2ccc(Cl)c(C(F)(F)F)c2)cc1. The van der Waals surface area contributed by atoms with Crippen molar-refractivity contribution in [2.45, 2.75) is 17.6 Å². The van der Waals surface area contributed by atoms with Crippen LogP contribution in [0, 0.1) is 0 Å². The molecule has 0 radical (unpaired) electrons.